The highest BCUT2D eigenvalue weighted by molar-refractivity contribution is 5.82. The Labute approximate surface area is 145 Å². The van der Waals surface area contributed by atoms with E-state index in [0.29, 0.717) is 30.9 Å². The van der Waals surface area contributed by atoms with Crippen molar-refractivity contribution in [1.82, 2.24) is 15.1 Å². The van der Waals surface area contributed by atoms with E-state index in [1.807, 2.05) is 32.0 Å². The summed E-state index contributed by atoms with van der Waals surface area (Å²) >= 11 is 0. The Morgan fingerprint density at radius 1 is 1.24 bits per heavy atom. The lowest BCUT2D eigenvalue weighted by Crippen LogP contribution is -2.38. The van der Waals surface area contributed by atoms with Crippen LogP contribution in [0.15, 0.2) is 40.7 Å². The number of nitrogens with zero attached hydrogens (tertiary/aromatic N) is 4. The second-order valence-corrected chi connectivity index (χ2v) is 6.33. The largest absolute Gasteiger partial charge is 0.373 e. The van der Waals surface area contributed by atoms with E-state index >= 15 is 0 Å². The molecule has 0 amide bonds. The minimum atomic E-state index is -0.360. The zero-order chi connectivity index (χ0) is 17.6. The summed E-state index contributed by atoms with van der Waals surface area (Å²) in [5.41, 5.74) is 5.80. The number of fused-ring (bicyclic) bond motifs is 2. The number of aryl methyl sites for hydroxylation is 1. The first-order valence-corrected chi connectivity index (χ1v) is 8.19. The van der Waals surface area contributed by atoms with Crippen LogP contribution in [0.5, 0.6) is 0 Å². The van der Waals surface area contributed by atoms with Gasteiger partial charge in [-0.25, -0.2) is 0 Å². The van der Waals surface area contributed by atoms with E-state index in [4.69, 9.17) is 4.74 Å². The van der Waals surface area contributed by atoms with Gasteiger partial charge in [-0.1, -0.05) is 6.07 Å². The molecule has 4 rings (SSSR count). The fraction of sp³-hybridized carbons (Fsp3) is 0.316. The molecule has 6 nitrogen and oxygen atoms in total. The fourth-order valence-electron chi connectivity index (χ4n) is 3.75. The van der Waals surface area contributed by atoms with Crippen molar-refractivity contribution in [2.75, 3.05) is 19.8 Å². The third-order valence-electron chi connectivity index (χ3n) is 5.06. The molecular formula is C19H17N5O. The average Bonchev–Trinajstić information content (AvgIpc) is 3.02. The van der Waals surface area contributed by atoms with Crippen molar-refractivity contribution in [2.24, 2.45) is 0 Å². The van der Waals surface area contributed by atoms with Gasteiger partial charge >= 0.3 is 0 Å². The van der Waals surface area contributed by atoms with Gasteiger partial charge in [-0.15, -0.1) is 0 Å². The van der Waals surface area contributed by atoms with E-state index in [2.05, 4.69) is 27.2 Å². The smallest absolute Gasteiger partial charge is 0.0976 e. The van der Waals surface area contributed by atoms with Crippen molar-refractivity contribution < 1.29 is 4.74 Å². The van der Waals surface area contributed by atoms with E-state index in [0.717, 1.165) is 33.6 Å². The molecule has 2 aliphatic heterocycles. The van der Waals surface area contributed by atoms with Crippen molar-refractivity contribution in [3.63, 3.8) is 0 Å². The van der Waals surface area contributed by atoms with Crippen molar-refractivity contribution >= 4 is 10.9 Å². The topological polar surface area (TPSA) is 88.7 Å². The number of nitriles is 2. The molecule has 0 saturated carbocycles. The number of allylic oxidation sites excluding steroid dienone is 3. The van der Waals surface area contributed by atoms with Gasteiger partial charge < -0.3 is 9.64 Å². The zero-order valence-electron chi connectivity index (χ0n) is 14.1. The van der Waals surface area contributed by atoms with Crippen LogP contribution in [0.4, 0.5) is 0 Å². The SMILES string of the molecule is CC1=C(C#N)C(c2ccc3[nH]nc(C)c3c2)C(C#N)=C2COCCN12. The molecular weight excluding hydrogens is 314 g/mol. The van der Waals surface area contributed by atoms with Crippen LogP contribution >= 0.6 is 0 Å². The van der Waals surface area contributed by atoms with Crippen molar-refractivity contribution in [3.05, 3.63) is 52.0 Å². The Morgan fingerprint density at radius 2 is 2.04 bits per heavy atom. The average molecular weight is 331 g/mol. The first kappa shape index (κ1) is 15.4. The molecule has 1 saturated heterocycles. The molecule has 2 aromatic rings. The summed E-state index contributed by atoms with van der Waals surface area (Å²) in [7, 11) is 0. The molecule has 0 bridgehead atoms. The summed E-state index contributed by atoms with van der Waals surface area (Å²) in [4.78, 5) is 2.05. The highest BCUT2D eigenvalue weighted by Crippen LogP contribution is 2.42. The number of hydrogen-bond acceptors (Lipinski definition) is 5. The van der Waals surface area contributed by atoms with Crippen LogP contribution in [-0.4, -0.2) is 34.9 Å². The zero-order valence-corrected chi connectivity index (χ0v) is 14.1. The van der Waals surface area contributed by atoms with Crippen LogP contribution in [0.25, 0.3) is 10.9 Å². The summed E-state index contributed by atoms with van der Waals surface area (Å²) in [6.45, 7) is 5.57. The van der Waals surface area contributed by atoms with Crippen LogP contribution < -0.4 is 0 Å². The standard InChI is InChI=1S/C19H17N5O/c1-11-14-7-13(3-4-17(14)23-22-11)19-15(8-20)12(2)24-5-6-25-10-18(24)16(19)9-21/h3-4,7,19H,5-6,10H2,1-2H3,(H,22,23). The van der Waals surface area contributed by atoms with Gasteiger partial charge in [0.2, 0.25) is 0 Å². The Morgan fingerprint density at radius 3 is 2.80 bits per heavy atom. The number of aromatic amines is 1. The summed E-state index contributed by atoms with van der Waals surface area (Å²) in [6.07, 6.45) is 0. The summed E-state index contributed by atoms with van der Waals surface area (Å²) in [6, 6.07) is 10.6. The summed E-state index contributed by atoms with van der Waals surface area (Å²) in [5.74, 6) is -0.360. The molecule has 0 spiro atoms. The van der Waals surface area contributed by atoms with Gasteiger partial charge in [0.25, 0.3) is 0 Å². The quantitative estimate of drug-likeness (QED) is 0.868. The fourth-order valence-corrected chi connectivity index (χ4v) is 3.75. The molecule has 25 heavy (non-hydrogen) atoms. The third kappa shape index (κ3) is 2.23. The molecule has 124 valence electrons. The Hall–Kier alpha value is -3.09. The minimum absolute atomic E-state index is 0.360. The number of H-pyrrole nitrogens is 1. The number of morpholine rings is 1. The molecule has 1 fully saturated rings. The predicted molar refractivity (Wildman–Crippen MR) is 92.0 cm³/mol. The van der Waals surface area contributed by atoms with Gasteiger partial charge in [-0.2, -0.15) is 15.6 Å². The maximum atomic E-state index is 9.85. The molecule has 3 heterocycles. The second-order valence-electron chi connectivity index (χ2n) is 6.33. The molecule has 6 heteroatoms. The van der Waals surface area contributed by atoms with Crippen LogP contribution in [0.2, 0.25) is 0 Å². The summed E-state index contributed by atoms with van der Waals surface area (Å²) in [5, 5.41) is 27.9. The van der Waals surface area contributed by atoms with Crippen molar-refractivity contribution in [1.29, 1.82) is 10.5 Å². The van der Waals surface area contributed by atoms with Crippen LogP contribution in [0, 0.1) is 29.6 Å². The normalized spacial score (nSPS) is 20.5. The summed E-state index contributed by atoms with van der Waals surface area (Å²) < 4.78 is 5.58. The van der Waals surface area contributed by atoms with Crippen LogP contribution in [0.3, 0.4) is 0 Å². The Kier molecular flexibility index (Phi) is 3.56. The maximum absolute atomic E-state index is 9.85. The number of benzene rings is 1. The Balaban J connectivity index is 1.94. The van der Waals surface area contributed by atoms with Gasteiger partial charge in [0, 0.05) is 17.6 Å². The van der Waals surface area contributed by atoms with E-state index < -0.39 is 0 Å². The van der Waals surface area contributed by atoms with Gasteiger partial charge in [-0.05, 0) is 31.5 Å². The lowest BCUT2D eigenvalue weighted by Gasteiger charge is -2.39. The van der Waals surface area contributed by atoms with E-state index in [1.165, 1.54) is 0 Å². The molecule has 1 aromatic heterocycles. The van der Waals surface area contributed by atoms with Crippen molar-refractivity contribution in [3.8, 4) is 12.1 Å². The van der Waals surface area contributed by atoms with E-state index in [-0.39, 0.29) is 5.92 Å². The van der Waals surface area contributed by atoms with Crippen molar-refractivity contribution in [2.45, 2.75) is 19.8 Å². The highest BCUT2D eigenvalue weighted by atomic mass is 16.5. The molecule has 1 unspecified atom stereocenters. The maximum Gasteiger partial charge on any atom is 0.0976 e. The number of hydrogen-bond donors (Lipinski definition) is 1. The second kappa shape index (κ2) is 5.77. The third-order valence-corrected chi connectivity index (χ3v) is 5.06. The lowest BCUT2D eigenvalue weighted by atomic mass is 9.80. The first-order chi connectivity index (χ1) is 12.2. The minimum Gasteiger partial charge on any atom is -0.373 e. The van der Waals surface area contributed by atoms with Gasteiger partial charge in [-0.3, -0.25) is 5.10 Å². The van der Waals surface area contributed by atoms with Crippen LogP contribution in [-0.2, 0) is 4.74 Å². The molecule has 2 aliphatic rings. The Bertz CT molecular complexity index is 1010. The molecule has 0 aliphatic carbocycles. The van der Waals surface area contributed by atoms with Gasteiger partial charge in [0.1, 0.15) is 0 Å². The number of ether oxygens (including phenoxy) is 1. The van der Waals surface area contributed by atoms with E-state index in [9.17, 15) is 10.5 Å². The molecule has 1 atom stereocenters. The number of rotatable bonds is 1. The van der Waals surface area contributed by atoms with Crippen LogP contribution in [0.1, 0.15) is 24.1 Å². The molecule has 0 radical (unpaired) electrons. The molecule has 1 N–H and O–H groups in total. The monoisotopic (exact) mass is 331 g/mol. The highest BCUT2D eigenvalue weighted by Gasteiger charge is 2.36. The predicted octanol–water partition coefficient (Wildman–Crippen LogP) is 2.88. The first-order valence-electron chi connectivity index (χ1n) is 8.19. The number of aromatic nitrogens is 2. The molecule has 1 aromatic carbocycles. The van der Waals surface area contributed by atoms with E-state index in [1.54, 1.807) is 0 Å². The number of nitrogens with one attached hydrogen (secondary N) is 1. The van der Waals surface area contributed by atoms with Gasteiger partial charge in [0.05, 0.1) is 59.3 Å². The lowest BCUT2D eigenvalue weighted by molar-refractivity contribution is 0.0836. The van der Waals surface area contributed by atoms with Gasteiger partial charge in [0.15, 0.2) is 0 Å².